The minimum atomic E-state index is -0.681. The summed E-state index contributed by atoms with van der Waals surface area (Å²) in [4.78, 5) is 46.4. The minimum Gasteiger partial charge on any atom is -0.383 e. The number of nitrogens with one attached hydrogen (secondary N) is 1. The quantitative estimate of drug-likeness (QED) is 0.577. The van der Waals surface area contributed by atoms with Crippen molar-refractivity contribution in [1.82, 2.24) is 14.5 Å². The molecule has 0 unspecified atom stereocenters. The van der Waals surface area contributed by atoms with Crippen LogP contribution in [0.25, 0.3) is 10.6 Å². The molecule has 10 heteroatoms. The molecule has 0 aromatic carbocycles. The monoisotopic (exact) mass is 447 g/mol. The Hall–Kier alpha value is -2.72. The van der Waals surface area contributed by atoms with Crippen LogP contribution >= 0.6 is 22.7 Å². The Bertz CT molecular complexity index is 1140. The van der Waals surface area contributed by atoms with E-state index in [1.165, 1.54) is 20.8 Å². The number of H-pyrrole nitrogens is 1. The zero-order valence-corrected chi connectivity index (χ0v) is 19.0. The average Bonchev–Trinajstić information content (AvgIpc) is 3.34. The summed E-state index contributed by atoms with van der Waals surface area (Å²) in [6.07, 6.45) is 0. The van der Waals surface area contributed by atoms with E-state index in [-0.39, 0.29) is 35.6 Å². The van der Waals surface area contributed by atoms with E-state index >= 15 is 0 Å². The summed E-state index contributed by atoms with van der Waals surface area (Å²) in [5.74, 6) is -0.244. The molecule has 0 fully saturated rings. The van der Waals surface area contributed by atoms with E-state index in [1.807, 2.05) is 44.5 Å². The van der Waals surface area contributed by atoms with Crippen molar-refractivity contribution in [3.8, 4) is 10.6 Å². The van der Waals surface area contributed by atoms with Gasteiger partial charge in [0, 0.05) is 29.4 Å². The van der Waals surface area contributed by atoms with E-state index in [1.54, 1.807) is 16.7 Å². The maximum atomic E-state index is 13.4. The van der Waals surface area contributed by atoms with Gasteiger partial charge in [-0.3, -0.25) is 24.0 Å². The van der Waals surface area contributed by atoms with Crippen molar-refractivity contribution in [2.45, 2.75) is 34.2 Å². The van der Waals surface area contributed by atoms with Crippen molar-refractivity contribution >= 4 is 40.1 Å². The molecule has 0 aliphatic heterocycles. The van der Waals surface area contributed by atoms with E-state index < -0.39 is 17.2 Å². The van der Waals surface area contributed by atoms with Crippen LogP contribution in [0.15, 0.2) is 31.8 Å². The molecule has 0 aliphatic rings. The van der Waals surface area contributed by atoms with Gasteiger partial charge < -0.3 is 5.73 Å². The number of aromatic amines is 1. The topological polar surface area (TPSA) is 114 Å². The van der Waals surface area contributed by atoms with Crippen LogP contribution in [0.1, 0.15) is 38.2 Å². The Balaban J connectivity index is 2.08. The second kappa shape index (κ2) is 8.97. The zero-order valence-electron chi connectivity index (χ0n) is 17.3. The van der Waals surface area contributed by atoms with Gasteiger partial charge in [-0.25, -0.2) is 9.78 Å². The Labute approximate surface area is 182 Å². The summed E-state index contributed by atoms with van der Waals surface area (Å²) in [5, 5.41) is 6.32. The standard InChI is InChI=1S/C20H25N5O3S2/c1-11(2)7-24(15-16(21)25(8-12(3)4)20(28)23-17(15)26)19(27)14-10-30-18(22-14)13-5-6-29-9-13/h5-6,9-12H,7-8,21H2,1-4H3,(H,23,26,28). The molecule has 3 heterocycles. The molecule has 0 spiro atoms. The normalized spacial score (nSPS) is 11.4. The lowest BCUT2D eigenvalue weighted by atomic mass is 10.2. The summed E-state index contributed by atoms with van der Waals surface area (Å²) in [7, 11) is 0. The third-order valence-corrected chi connectivity index (χ3v) is 5.89. The number of nitrogen functional groups attached to an aromatic ring is 1. The van der Waals surface area contributed by atoms with Crippen LogP contribution in [0.2, 0.25) is 0 Å². The van der Waals surface area contributed by atoms with Gasteiger partial charge in [-0.05, 0) is 23.3 Å². The van der Waals surface area contributed by atoms with Crippen LogP contribution in [-0.2, 0) is 6.54 Å². The number of rotatable bonds is 7. The Morgan fingerprint density at radius 2 is 1.97 bits per heavy atom. The van der Waals surface area contributed by atoms with Crippen molar-refractivity contribution in [2.24, 2.45) is 11.8 Å². The number of amides is 1. The summed E-state index contributed by atoms with van der Waals surface area (Å²) in [6.45, 7) is 8.34. The van der Waals surface area contributed by atoms with Crippen LogP contribution in [0.4, 0.5) is 11.5 Å². The molecule has 30 heavy (non-hydrogen) atoms. The highest BCUT2D eigenvalue weighted by atomic mass is 32.1. The maximum Gasteiger partial charge on any atom is 0.330 e. The predicted molar refractivity (Wildman–Crippen MR) is 123 cm³/mol. The SMILES string of the molecule is CC(C)CN(C(=O)c1csc(-c2ccsc2)n1)c1c(N)n(CC(C)C)c(=O)[nH]c1=O. The van der Waals surface area contributed by atoms with Crippen LogP contribution in [0.5, 0.6) is 0 Å². The van der Waals surface area contributed by atoms with Crippen molar-refractivity contribution in [2.75, 3.05) is 17.2 Å². The van der Waals surface area contributed by atoms with Gasteiger partial charge in [0.2, 0.25) is 0 Å². The number of hydrogen-bond acceptors (Lipinski definition) is 7. The summed E-state index contributed by atoms with van der Waals surface area (Å²) in [5.41, 5.74) is 6.15. The smallest absolute Gasteiger partial charge is 0.330 e. The molecule has 3 rings (SSSR count). The van der Waals surface area contributed by atoms with E-state index in [0.29, 0.717) is 6.54 Å². The number of thiophene rings is 1. The second-order valence-corrected chi connectivity index (χ2v) is 9.50. The lowest BCUT2D eigenvalue weighted by molar-refractivity contribution is 0.0979. The third-order valence-electron chi connectivity index (χ3n) is 4.32. The van der Waals surface area contributed by atoms with Crippen molar-refractivity contribution in [3.05, 3.63) is 48.7 Å². The predicted octanol–water partition coefficient (Wildman–Crippen LogP) is 3.26. The molecule has 1 amide bonds. The number of thiazole rings is 1. The molecule has 0 aliphatic carbocycles. The molecular weight excluding hydrogens is 422 g/mol. The number of anilines is 2. The van der Waals surface area contributed by atoms with Crippen LogP contribution in [0, 0.1) is 11.8 Å². The molecule has 8 nitrogen and oxygen atoms in total. The highest BCUT2D eigenvalue weighted by Crippen LogP contribution is 2.27. The largest absolute Gasteiger partial charge is 0.383 e. The van der Waals surface area contributed by atoms with Gasteiger partial charge in [-0.2, -0.15) is 11.3 Å². The van der Waals surface area contributed by atoms with E-state index in [4.69, 9.17) is 5.73 Å². The summed E-state index contributed by atoms with van der Waals surface area (Å²) >= 11 is 2.92. The first-order valence-corrected chi connectivity index (χ1v) is 11.4. The van der Waals surface area contributed by atoms with Crippen LogP contribution < -0.4 is 21.9 Å². The van der Waals surface area contributed by atoms with Crippen LogP contribution in [-0.4, -0.2) is 27.0 Å². The molecule has 3 aromatic heterocycles. The third kappa shape index (κ3) is 4.54. The van der Waals surface area contributed by atoms with Gasteiger partial charge in [0.05, 0.1) is 0 Å². The fraction of sp³-hybridized carbons (Fsp3) is 0.400. The number of nitrogens with zero attached hydrogens (tertiary/aromatic N) is 3. The molecule has 160 valence electrons. The zero-order chi connectivity index (χ0) is 22.0. The number of hydrogen-bond donors (Lipinski definition) is 2. The highest BCUT2D eigenvalue weighted by molar-refractivity contribution is 7.14. The molecule has 0 saturated carbocycles. The molecule has 0 bridgehead atoms. The van der Waals surface area contributed by atoms with Gasteiger partial charge in [0.15, 0.2) is 5.69 Å². The van der Waals surface area contributed by atoms with Gasteiger partial charge in [0.1, 0.15) is 16.5 Å². The van der Waals surface area contributed by atoms with E-state index in [9.17, 15) is 14.4 Å². The number of carbonyl (C=O) groups is 1. The van der Waals surface area contributed by atoms with Gasteiger partial charge in [-0.15, -0.1) is 11.3 Å². The first-order chi connectivity index (χ1) is 14.2. The summed E-state index contributed by atoms with van der Waals surface area (Å²) in [6, 6.07) is 1.94. The molecule has 3 aromatic rings. The fourth-order valence-electron chi connectivity index (χ4n) is 3.05. The average molecular weight is 448 g/mol. The first-order valence-electron chi connectivity index (χ1n) is 9.61. The van der Waals surface area contributed by atoms with E-state index in [0.717, 1.165) is 10.6 Å². The van der Waals surface area contributed by atoms with Gasteiger partial charge in [-0.1, -0.05) is 27.7 Å². The van der Waals surface area contributed by atoms with Crippen molar-refractivity contribution in [1.29, 1.82) is 0 Å². The fourth-order valence-corrected chi connectivity index (χ4v) is 4.56. The molecule has 0 radical (unpaired) electrons. The Morgan fingerprint density at radius 3 is 2.57 bits per heavy atom. The number of nitrogens with two attached hydrogens (primary N) is 1. The highest BCUT2D eigenvalue weighted by Gasteiger charge is 2.27. The maximum absolute atomic E-state index is 13.4. The van der Waals surface area contributed by atoms with Crippen molar-refractivity contribution < 1.29 is 4.79 Å². The lowest BCUT2D eigenvalue weighted by Gasteiger charge is -2.25. The lowest BCUT2D eigenvalue weighted by Crippen LogP contribution is -2.43. The van der Waals surface area contributed by atoms with Gasteiger partial charge >= 0.3 is 5.69 Å². The van der Waals surface area contributed by atoms with Gasteiger partial charge in [0.25, 0.3) is 11.5 Å². The minimum absolute atomic E-state index is 0.0141. The van der Waals surface area contributed by atoms with Crippen LogP contribution in [0.3, 0.4) is 0 Å². The second-order valence-electron chi connectivity index (χ2n) is 7.86. The molecule has 0 atom stereocenters. The summed E-state index contributed by atoms with van der Waals surface area (Å²) < 4.78 is 1.31. The molecule has 0 saturated heterocycles. The first kappa shape index (κ1) is 22.0. The van der Waals surface area contributed by atoms with E-state index in [2.05, 4.69) is 9.97 Å². The Kier molecular flexibility index (Phi) is 6.57. The number of aromatic nitrogens is 3. The van der Waals surface area contributed by atoms with Crippen molar-refractivity contribution in [3.63, 3.8) is 0 Å². The Morgan fingerprint density at radius 1 is 1.23 bits per heavy atom. The number of carbonyl (C=O) groups excluding carboxylic acids is 1. The molecule has 3 N–H and O–H groups in total. The molecular formula is C20H25N5O3S2.